The van der Waals surface area contributed by atoms with Gasteiger partial charge in [-0.2, -0.15) is 0 Å². The highest BCUT2D eigenvalue weighted by atomic mass is 35.5. The third kappa shape index (κ3) is 3.48. The topological polar surface area (TPSA) is 23.5 Å². The van der Waals surface area contributed by atoms with Crippen LogP contribution in [0.1, 0.15) is 18.9 Å². The molecule has 0 radical (unpaired) electrons. The van der Waals surface area contributed by atoms with Crippen molar-refractivity contribution in [3.63, 3.8) is 0 Å². The van der Waals surface area contributed by atoms with E-state index in [0.717, 1.165) is 26.1 Å². The number of hydrogen-bond donors (Lipinski definition) is 1. The van der Waals surface area contributed by atoms with E-state index >= 15 is 0 Å². The molecule has 0 aromatic heterocycles. The molecule has 1 aliphatic heterocycles. The molecule has 1 fully saturated rings. The van der Waals surface area contributed by atoms with Crippen LogP contribution in [0.5, 0.6) is 0 Å². The maximum Gasteiger partial charge on any atom is 0.0693 e. The number of piperidine rings is 1. The highest BCUT2D eigenvalue weighted by molar-refractivity contribution is 5.85. The van der Waals surface area contributed by atoms with E-state index in [2.05, 4.69) is 36.1 Å². The molecule has 1 aromatic rings. The number of likely N-dealkylation sites (tertiary alicyclic amines) is 1. The Hall–Kier alpha value is -0.570. The standard InChI is InChI=1S/C13H19NO.ClH/c1-11-7-8-14(10-13(11)15)9-12-5-3-2-4-6-12;/h2-6,11,13,15H,7-10H2,1H3;1H. The molecule has 1 aliphatic rings. The summed E-state index contributed by atoms with van der Waals surface area (Å²) in [5.41, 5.74) is 1.33. The van der Waals surface area contributed by atoms with Crippen LogP contribution < -0.4 is 0 Å². The van der Waals surface area contributed by atoms with Crippen LogP contribution >= 0.6 is 12.4 Å². The smallest absolute Gasteiger partial charge is 0.0693 e. The molecule has 0 amide bonds. The van der Waals surface area contributed by atoms with Gasteiger partial charge in [0.15, 0.2) is 0 Å². The molecule has 1 aromatic carbocycles. The molecule has 2 nitrogen and oxygen atoms in total. The molecule has 1 N–H and O–H groups in total. The van der Waals surface area contributed by atoms with E-state index in [0.29, 0.717) is 5.92 Å². The molecule has 0 saturated carbocycles. The third-order valence-corrected chi connectivity index (χ3v) is 3.25. The van der Waals surface area contributed by atoms with E-state index in [1.165, 1.54) is 5.56 Å². The predicted octanol–water partition coefficient (Wildman–Crippen LogP) is 2.31. The zero-order chi connectivity index (χ0) is 10.7. The number of rotatable bonds is 2. The fourth-order valence-electron chi connectivity index (χ4n) is 2.10. The Bertz CT molecular complexity index is 304. The normalized spacial score (nSPS) is 26.1. The molecular formula is C13H20ClNO. The Morgan fingerprint density at radius 1 is 1.31 bits per heavy atom. The van der Waals surface area contributed by atoms with Gasteiger partial charge in [0.2, 0.25) is 0 Å². The van der Waals surface area contributed by atoms with E-state index in [4.69, 9.17) is 0 Å². The van der Waals surface area contributed by atoms with Gasteiger partial charge in [0.1, 0.15) is 0 Å². The molecule has 2 rings (SSSR count). The largest absolute Gasteiger partial charge is 0.392 e. The van der Waals surface area contributed by atoms with Crippen LogP contribution in [-0.4, -0.2) is 29.2 Å². The van der Waals surface area contributed by atoms with E-state index in [-0.39, 0.29) is 18.5 Å². The second kappa shape index (κ2) is 6.24. The SMILES string of the molecule is CC1CCN(Cc2ccccc2)CC1O.Cl. The average Bonchev–Trinajstić information content (AvgIpc) is 2.25. The second-order valence-corrected chi connectivity index (χ2v) is 4.55. The lowest BCUT2D eigenvalue weighted by Gasteiger charge is -2.34. The van der Waals surface area contributed by atoms with Gasteiger partial charge in [-0.3, -0.25) is 4.90 Å². The van der Waals surface area contributed by atoms with Crippen LogP contribution in [0.2, 0.25) is 0 Å². The van der Waals surface area contributed by atoms with Crippen molar-refractivity contribution < 1.29 is 5.11 Å². The molecule has 3 heteroatoms. The lowest BCUT2D eigenvalue weighted by atomic mass is 9.96. The molecule has 2 atom stereocenters. The summed E-state index contributed by atoms with van der Waals surface area (Å²) < 4.78 is 0. The third-order valence-electron chi connectivity index (χ3n) is 3.25. The van der Waals surface area contributed by atoms with Gasteiger partial charge in [-0.25, -0.2) is 0 Å². The molecule has 90 valence electrons. The average molecular weight is 242 g/mol. The van der Waals surface area contributed by atoms with Gasteiger partial charge in [-0.05, 0) is 24.4 Å². The van der Waals surface area contributed by atoms with Crippen LogP contribution in [0, 0.1) is 5.92 Å². The van der Waals surface area contributed by atoms with Gasteiger partial charge in [-0.15, -0.1) is 12.4 Å². The molecule has 1 saturated heterocycles. The number of aliphatic hydroxyl groups is 1. The first-order chi connectivity index (χ1) is 7.25. The van der Waals surface area contributed by atoms with Crippen molar-refractivity contribution in [2.75, 3.05) is 13.1 Å². The van der Waals surface area contributed by atoms with Crippen molar-refractivity contribution in [1.29, 1.82) is 0 Å². The Morgan fingerprint density at radius 2 is 2.00 bits per heavy atom. The number of nitrogens with zero attached hydrogens (tertiary/aromatic N) is 1. The number of aliphatic hydroxyl groups excluding tert-OH is 1. The fraction of sp³-hybridized carbons (Fsp3) is 0.538. The van der Waals surface area contributed by atoms with Crippen molar-refractivity contribution in [3.8, 4) is 0 Å². The zero-order valence-electron chi connectivity index (χ0n) is 9.67. The Kier molecular flexibility index (Phi) is 5.26. The molecule has 16 heavy (non-hydrogen) atoms. The van der Waals surface area contributed by atoms with E-state index in [1.54, 1.807) is 0 Å². The first-order valence-electron chi connectivity index (χ1n) is 5.70. The van der Waals surface area contributed by atoms with Crippen molar-refractivity contribution in [2.24, 2.45) is 5.92 Å². The second-order valence-electron chi connectivity index (χ2n) is 4.55. The van der Waals surface area contributed by atoms with Crippen LogP contribution in [-0.2, 0) is 6.54 Å². The van der Waals surface area contributed by atoms with E-state index in [1.807, 2.05) is 6.07 Å². The molecular weight excluding hydrogens is 222 g/mol. The summed E-state index contributed by atoms with van der Waals surface area (Å²) in [5, 5.41) is 9.78. The Morgan fingerprint density at radius 3 is 2.62 bits per heavy atom. The van der Waals surface area contributed by atoms with Gasteiger partial charge in [0.05, 0.1) is 6.10 Å². The molecule has 0 bridgehead atoms. The Labute approximate surface area is 104 Å². The van der Waals surface area contributed by atoms with Gasteiger partial charge >= 0.3 is 0 Å². The van der Waals surface area contributed by atoms with Gasteiger partial charge < -0.3 is 5.11 Å². The predicted molar refractivity (Wildman–Crippen MR) is 68.8 cm³/mol. The quantitative estimate of drug-likeness (QED) is 0.859. The maximum absolute atomic E-state index is 9.78. The van der Waals surface area contributed by atoms with Crippen molar-refractivity contribution >= 4 is 12.4 Å². The lowest BCUT2D eigenvalue weighted by molar-refractivity contribution is 0.0259. The first kappa shape index (κ1) is 13.5. The summed E-state index contributed by atoms with van der Waals surface area (Å²) in [6.07, 6.45) is 0.955. The van der Waals surface area contributed by atoms with Gasteiger partial charge in [0, 0.05) is 13.1 Å². The number of benzene rings is 1. The molecule has 1 heterocycles. The number of halogens is 1. The van der Waals surface area contributed by atoms with Crippen molar-refractivity contribution in [2.45, 2.75) is 26.0 Å². The van der Waals surface area contributed by atoms with E-state index < -0.39 is 0 Å². The highest BCUT2D eigenvalue weighted by Gasteiger charge is 2.23. The Balaban J connectivity index is 0.00000128. The summed E-state index contributed by atoms with van der Waals surface area (Å²) in [4.78, 5) is 2.33. The molecule has 0 spiro atoms. The first-order valence-corrected chi connectivity index (χ1v) is 5.70. The molecule has 2 unspecified atom stereocenters. The van der Waals surface area contributed by atoms with Crippen molar-refractivity contribution in [1.82, 2.24) is 4.90 Å². The van der Waals surface area contributed by atoms with Gasteiger partial charge in [0.25, 0.3) is 0 Å². The lowest BCUT2D eigenvalue weighted by Crippen LogP contribution is -2.42. The minimum Gasteiger partial charge on any atom is -0.392 e. The van der Waals surface area contributed by atoms with Crippen LogP contribution in [0.25, 0.3) is 0 Å². The maximum atomic E-state index is 9.78. The highest BCUT2D eigenvalue weighted by Crippen LogP contribution is 2.18. The minimum absolute atomic E-state index is 0. The van der Waals surface area contributed by atoms with Crippen molar-refractivity contribution in [3.05, 3.63) is 35.9 Å². The minimum atomic E-state index is -0.150. The fourth-order valence-corrected chi connectivity index (χ4v) is 2.10. The van der Waals surface area contributed by atoms with Crippen LogP contribution in [0.15, 0.2) is 30.3 Å². The summed E-state index contributed by atoms with van der Waals surface area (Å²) in [5.74, 6) is 0.456. The number of hydrogen-bond acceptors (Lipinski definition) is 2. The summed E-state index contributed by atoms with van der Waals surface area (Å²) in [6, 6.07) is 10.5. The van der Waals surface area contributed by atoms with Crippen LogP contribution in [0.4, 0.5) is 0 Å². The number of β-amino-alcohol motifs (C(OH)–C–C–N with tert-alkyl or cyclic N) is 1. The zero-order valence-corrected chi connectivity index (χ0v) is 10.5. The van der Waals surface area contributed by atoms with Gasteiger partial charge in [-0.1, -0.05) is 37.3 Å². The summed E-state index contributed by atoms with van der Waals surface area (Å²) >= 11 is 0. The van der Waals surface area contributed by atoms with E-state index in [9.17, 15) is 5.11 Å². The monoisotopic (exact) mass is 241 g/mol. The summed E-state index contributed by atoms with van der Waals surface area (Å²) in [6.45, 7) is 5.01. The summed E-state index contributed by atoms with van der Waals surface area (Å²) in [7, 11) is 0. The van der Waals surface area contributed by atoms with Crippen LogP contribution in [0.3, 0.4) is 0 Å². The molecule has 0 aliphatic carbocycles.